The van der Waals surface area contributed by atoms with E-state index in [9.17, 15) is 0 Å². The molecule has 0 spiro atoms. The van der Waals surface area contributed by atoms with Gasteiger partial charge in [0.15, 0.2) is 0 Å². The topological polar surface area (TPSA) is 42.2 Å². The lowest BCUT2D eigenvalue weighted by Gasteiger charge is -2.36. The number of hydrogen-bond donors (Lipinski definition) is 1. The highest BCUT2D eigenvalue weighted by molar-refractivity contribution is 7.09. The van der Waals surface area contributed by atoms with E-state index < -0.39 is 0 Å². The largest absolute Gasteiger partial charge is 0.330 e. The monoisotopic (exact) mass is 303 g/mol. The van der Waals surface area contributed by atoms with E-state index in [0.29, 0.717) is 11.8 Å². The maximum absolute atomic E-state index is 5.85. The maximum atomic E-state index is 5.85. The molecule has 0 amide bonds. The van der Waals surface area contributed by atoms with Gasteiger partial charge in [0.1, 0.15) is 0 Å². The van der Waals surface area contributed by atoms with Crippen molar-refractivity contribution in [3.8, 4) is 0 Å². The van der Waals surface area contributed by atoms with E-state index in [2.05, 4.69) is 31.1 Å². The number of nitrogens with zero attached hydrogens (tertiary/aromatic N) is 2. The van der Waals surface area contributed by atoms with Crippen LogP contribution in [0.15, 0.2) is 5.38 Å². The van der Waals surface area contributed by atoms with Crippen LogP contribution in [0.25, 0.3) is 0 Å². The fourth-order valence-electron chi connectivity index (χ4n) is 2.56. The van der Waals surface area contributed by atoms with E-state index in [1.54, 1.807) is 11.3 Å². The zero-order chi connectivity index (χ0) is 13.1. The Morgan fingerprint density at radius 1 is 1.53 bits per heavy atom. The molecule has 2 unspecified atom stereocenters. The summed E-state index contributed by atoms with van der Waals surface area (Å²) in [5.41, 5.74) is 7.08. The summed E-state index contributed by atoms with van der Waals surface area (Å²) in [5.74, 6) is 1.97. The van der Waals surface area contributed by atoms with E-state index in [1.807, 2.05) is 0 Å². The van der Waals surface area contributed by atoms with E-state index in [1.165, 1.54) is 23.7 Å². The zero-order valence-electron chi connectivity index (χ0n) is 12.1. The highest BCUT2D eigenvalue weighted by atomic mass is 35.5. The molecule has 1 aromatic heterocycles. The number of thiazole rings is 1. The second-order valence-corrected chi connectivity index (χ2v) is 6.72. The maximum Gasteiger partial charge on any atom is 0.0954 e. The molecule has 1 aliphatic heterocycles. The number of likely N-dealkylation sites (tertiary alicyclic amines) is 1. The summed E-state index contributed by atoms with van der Waals surface area (Å²) in [4.78, 5) is 7.23. The number of rotatable bonds is 4. The molecular formula is C14H26ClN3S. The third kappa shape index (κ3) is 4.42. The van der Waals surface area contributed by atoms with Crippen molar-refractivity contribution in [2.75, 3.05) is 19.6 Å². The van der Waals surface area contributed by atoms with Gasteiger partial charge in [0, 0.05) is 24.4 Å². The van der Waals surface area contributed by atoms with Gasteiger partial charge in [-0.3, -0.25) is 4.90 Å². The molecule has 2 rings (SSSR count). The van der Waals surface area contributed by atoms with Crippen LogP contribution >= 0.6 is 23.7 Å². The van der Waals surface area contributed by atoms with E-state index in [4.69, 9.17) is 10.7 Å². The van der Waals surface area contributed by atoms with Gasteiger partial charge in [0.25, 0.3) is 0 Å². The minimum Gasteiger partial charge on any atom is -0.330 e. The van der Waals surface area contributed by atoms with E-state index in [0.717, 1.165) is 25.6 Å². The predicted molar refractivity (Wildman–Crippen MR) is 85.1 cm³/mol. The van der Waals surface area contributed by atoms with Gasteiger partial charge >= 0.3 is 0 Å². The normalized spacial score (nSPS) is 24.5. The molecule has 1 saturated heterocycles. The van der Waals surface area contributed by atoms with Crippen molar-refractivity contribution < 1.29 is 0 Å². The Balaban J connectivity index is 0.00000180. The van der Waals surface area contributed by atoms with E-state index >= 15 is 0 Å². The van der Waals surface area contributed by atoms with Crippen molar-refractivity contribution in [3.05, 3.63) is 16.1 Å². The first-order chi connectivity index (χ1) is 8.60. The molecule has 1 fully saturated rings. The third-order valence-corrected chi connectivity index (χ3v) is 5.14. The first-order valence-electron chi connectivity index (χ1n) is 6.97. The Bertz CT molecular complexity index is 381. The van der Waals surface area contributed by atoms with Gasteiger partial charge in [0.2, 0.25) is 0 Å². The third-order valence-electron chi connectivity index (χ3n) is 3.95. The summed E-state index contributed by atoms with van der Waals surface area (Å²) in [6, 6.07) is 0. The van der Waals surface area contributed by atoms with Crippen LogP contribution in [0.5, 0.6) is 0 Å². The molecule has 2 atom stereocenters. The molecule has 19 heavy (non-hydrogen) atoms. The summed E-state index contributed by atoms with van der Waals surface area (Å²) >= 11 is 1.79. The van der Waals surface area contributed by atoms with Gasteiger partial charge in [-0.25, -0.2) is 4.98 Å². The molecule has 2 N–H and O–H groups in total. The highest BCUT2D eigenvalue weighted by Gasteiger charge is 2.25. The van der Waals surface area contributed by atoms with Gasteiger partial charge in [-0.15, -0.1) is 23.7 Å². The van der Waals surface area contributed by atoms with Gasteiger partial charge in [0.05, 0.1) is 10.7 Å². The van der Waals surface area contributed by atoms with Crippen LogP contribution in [-0.4, -0.2) is 29.5 Å². The molecule has 110 valence electrons. The smallest absolute Gasteiger partial charge is 0.0954 e. The van der Waals surface area contributed by atoms with Crippen LogP contribution in [0, 0.1) is 11.8 Å². The molecule has 3 nitrogen and oxygen atoms in total. The van der Waals surface area contributed by atoms with Crippen molar-refractivity contribution in [1.82, 2.24) is 9.88 Å². The molecule has 0 radical (unpaired) electrons. The quantitative estimate of drug-likeness (QED) is 0.929. The minimum absolute atomic E-state index is 0. The Labute approximate surface area is 127 Å². The average molecular weight is 304 g/mol. The van der Waals surface area contributed by atoms with E-state index in [-0.39, 0.29) is 12.4 Å². The lowest BCUT2D eigenvalue weighted by Crippen LogP contribution is -2.42. The molecule has 1 aliphatic rings. The summed E-state index contributed by atoms with van der Waals surface area (Å²) in [6.07, 6.45) is 1.27. The van der Waals surface area contributed by atoms with Crippen LogP contribution < -0.4 is 5.73 Å². The molecule has 2 heterocycles. The first-order valence-corrected chi connectivity index (χ1v) is 7.84. The van der Waals surface area contributed by atoms with Crippen LogP contribution in [0.4, 0.5) is 0 Å². The number of piperidine rings is 1. The summed E-state index contributed by atoms with van der Waals surface area (Å²) in [7, 11) is 0. The molecule has 0 bridgehead atoms. The van der Waals surface area contributed by atoms with Crippen molar-refractivity contribution in [1.29, 1.82) is 0 Å². The first kappa shape index (κ1) is 16.9. The highest BCUT2D eigenvalue weighted by Crippen LogP contribution is 2.25. The van der Waals surface area contributed by atoms with Gasteiger partial charge in [-0.05, 0) is 31.3 Å². The van der Waals surface area contributed by atoms with Crippen molar-refractivity contribution >= 4 is 23.7 Å². The molecule has 1 aromatic rings. The van der Waals surface area contributed by atoms with Crippen LogP contribution in [0.2, 0.25) is 0 Å². The van der Waals surface area contributed by atoms with Crippen LogP contribution in [0.3, 0.4) is 0 Å². The molecular weight excluding hydrogens is 278 g/mol. The Morgan fingerprint density at radius 2 is 2.26 bits per heavy atom. The summed E-state index contributed by atoms with van der Waals surface area (Å²) < 4.78 is 0. The van der Waals surface area contributed by atoms with Crippen LogP contribution in [0.1, 0.15) is 43.8 Å². The Kier molecular flexibility index (Phi) is 6.74. The Hall–Kier alpha value is -0.160. The number of nitrogens with two attached hydrogens (primary N) is 1. The number of aromatic nitrogens is 1. The van der Waals surface area contributed by atoms with Crippen molar-refractivity contribution in [3.63, 3.8) is 0 Å². The second-order valence-electron chi connectivity index (χ2n) is 5.83. The fraction of sp³-hybridized carbons (Fsp3) is 0.786. The molecule has 0 aliphatic carbocycles. The standard InChI is InChI=1S/C14H25N3S.ClH/c1-10(2)14-16-13(9-18-14)8-17-5-4-11(3)12(6-15)7-17;/h9-12H,4-8,15H2,1-3H3;1H. The molecule has 5 heteroatoms. The average Bonchev–Trinajstić information content (AvgIpc) is 2.80. The lowest BCUT2D eigenvalue weighted by atomic mass is 9.87. The summed E-state index contributed by atoms with van der Waals surface area (Å²) in [6.45, 7) is 10.9. The molecule has 0 saturated carbocycles. The van der Waals surface area contributed by atoms with Gasteiger partial charge in [-0.2, -0.15) is 0 Å². The van der Waals surface area contributed by atoms with Gasteiger partial charge < -0.3 is 5.73 Å². The Morgan fingerprint density at radius 3 is 2.84 bits per heavy atom. The number of halogens is 1. The predicted octanol–water partition coefficient (Wildman–Crippen LogP) is 3.11. The minimum atomic E-state index is 0. The van der Waals surface area contributed by atoms with Crippen molar-refractivity contribution in [2.45, 2.75) is 39.7 Å². The van der Waals surface area contributed by atoms with Gasteiger partial charge in [-0.1, -0.05) is 20.8 Å². The molecule has 0 aromatic carbocycles. The summed E-state index contributed by atoms with van der Waals surface area (Å²) in [5, 5.41) is 3.47. The fourth-order valence-corrected chi connectivity index (χ4v) is 3.39. The SMILES string of the molecule is CC(C)c1nc(CN2CCC(C)C(CN)C2)cs1.Cl. The second kappa shape index (κ2) is 7.58. The number of hydrogen-bond acceptors (Lipinski definition) is 4. The lowest BCUT2D eigenvalue weighted by molar-refractivity contribution is 0.125. The van der Waals surface area contributed by atoms with Crippen LogP contribution in [-0.2, 0) is 6.54 Å². The van der Waals surface area contributed by atoms with Crippen molar-refractivity contribution in [2.24, 2.45) is 17.6 Å². The zero-order valence-corrected chi connectivity index (χ0v) is 13.8.